The molecule has 0 fully saturated rings. The molecule has 0 spiro atoms. The number of benzene rings is 2. The third-order valence-corrected chi connectivity index (χ3v) is 5.39. The number of nitrogens with one attached hydrogen (secondary N) is 2. The first-order chi connectivity index (χ1) is 16.4. The number of likely N-dealkylation sites (N-methyl/N-ethyl adjacent to an activating group) is 1. The van der Waals surface area contributed by atoms with Gasteiger partial charge in [-0.3, -0.25) is 14.5 Å². The van der Waals surface area contributed by atoms with Crippen LogP contribution < -0.4 is 20.1 Å². The van der Waals surface area contributed by atoms with Gasteiger partial charge in [0.05, 0.1) is 24.5 Å². The molecule has 2 amide bonds. The zero-order valence-corrected chi connectivity index (χ0v) is 19.6. The number of rotatable bonds is 8. The Morgan fingerprint density at radius 2 is 1.62 bits per heavy atom. The number of nitrogens with zero attached hydrogens (tertiary/aromatic N) is 3. The molecule has 2 N–H and O–H groups in total. The number of hydrogen-bond acceptors (Lipinski definition) is 6. The number of anilines is 2. The summed E-state index contributed by atoms with van der Waals surface area (Å²) in [5.74, 6) is 1.42. The lowest BCUT2D eigenvalue weighted by Crippen LogP contribution is -2.38. The second kappa shape index (κ2) is 10.4. The van der Waals surface area contributed by atoms with E-state index in [2.05, 4.69) is 15.7 Å². The van der Waals surface area contributed by atoms with E-state index in [1.165, 1.54) is 0 Å². The summed E-state index contributed by atoms with van der Waals surface area (Å²) in [5.41, 5.74) is 3.42. The van der Waals surface area contributed by atoms with Gasteiger partial charge in [0.25, 0.3) is 0 Å². The van der Waals surface area contributed by atoms with Crippen LogP contribution in [-0.4, -0.2) is 59.3 Å². The van der Waals surface area contributed by atoms with Crippen molar-refractivity contribution in [2.24, 2.45) is 0 Å². The molecule has 0 aliphatic carbocycles. The van der Waals surface area contributed by atoms with Crippen LogP contribution in [0.1, 0.15) is 18.2 Å². The van der Waals surface area contributed by atoms with Crippen molar-refractivity contribution in [2.75, 3.05) is 43.5 Å². The molecule has 178 valence electrons. The molecule has 0 bridgehead atoms. The van der Waals surface area contributed by atoms with Gasteiger partial charge in [0.2, 0.25) is 11.8 Å². The third kappa shape index (κ3) is 5.74. The van der Waals surface area contributed by atoms with Crippen molar-refractivity contribution in [3.63, 3.8) is 0 Å². The SMILES string of the molecule is CCN(CC(=O)Nc1ccc2c(c1)OCCO2)CC(=O)Nc1cc(C)nn1-c1ccc(C)cc1. The van der Waals surface area contributed by atoms with Crippen LogP contribution >= 0.6 is 0 Å². The first-order valence-electron chi connectivity index (χ1n) is 11.3. The maximum absolute atomic E-state index is 12.8. The van der Waals surface area contributed by atoms with Gasteiger partial charge in [0, 0.05) is 17.8 Å². The van der Waals surface area contributed by atoms with Gasteiger partial charge in [-0.25, -0.2) is 4.68 Å². The molecule has 34 heavy (non-hydrogen) atoms. The second-order valence-corrected chi connectivity index (χ2v) is 8.18. The molecule has 0 saturated heterocycles. The molecule has 0 unspecified atom stereocenters. The number of hydrogen-bond donors (Lipinski definition) is 2. The maximum Gasteiger partial charge on any atom is 0.239 e. The lowest BCUT2D eigenvalue weighted by atomic mass is 10.2. The fraction of sp³-hybridized carbons (Fsp3) is 0.320. The summed E-state index contributed by atoms with van der Waals surface area (Å²) in [7, 11) is 0. The predicted molar refractivity (Wildman–Crippen MR) is 130 cm³/mol. The first-order valence-corrected chi connectivity index (χ1v) is 11.3. The van der Waals surface area contributed by atoms with Crippen molar-refractivity contribution in [2.45, 2.75) is 20.8 Å². The van der Waals surface area contributed by atoms with E-state index >= 15 is 0 Å². The van der Waals surface area contributed by atoms with Crippen LogP contribution in [-0.2, 0) is 9.59 Å². The summed E-state index contributed by atoms with van der Waals surface area (Å²) in [6, 6.07) is 15.0. The average Bonchev–Trinajstić information content (AvgIpc) is 3.18. The summed E-state index contributed by atoms with van der Waals surface area (Å²) in [6.07, 6.45) is 0. The van der Waals surface area contributed by atoms with E-state index in [0.717, 1.165) is 16.9 Å². The largest absolute Gasteiger partial charge is 0.486 e. The van der Waals surface area contributed by atoms with E-state index < -0.39 is 0 Å². The number of carbonyl (C=O) groups excluding carboxylic acids is 2. The number of ether oxygens (including phenoxy) is 2. The smallest absolute Gasteiger partial charge is 0.239 e. The summed E-state index contributed by atoms with van der Waals surface area (Å²) < 4.78 is 12.8. The minimum atomic E-state index is -0.220. The molecule has 0 radical (unpaired) electrons. The number of fused-ring (bicyclic) bond motifs is 1. The Labute approximate surface area is 198 Å². The average molecular weight is 464 g/mol. The third-order valence-electron chi connectivity index (χ3n) is 5.39. The number of aryl methyl sites for hydroxylation is 2. The molecule has 2 aromatic carbocycles. The molecule has 0 saturated carbocycles. The van der Waals surface area contributed by atoms with Gasteiger partial charge in [-0.2, -0.15) is 5.10 Å². The lowest BCUT2D eigenvalue weighted by Gasteiger charge is -2.21. The Balaban J connectivity index is 1.35. The monoisotopic (exact) mass is 463 g/mol. The molecule has 1 aliphatic heterocycles. The molecular formula is C25H29N5O4. The van der Waals surface area contributed by atoms with E-state index in [9.17, 15) is 9.59 Å². The maximum atomic E-state index is 12.8. The van der Waals surface area contributed by atoms with Crippen LogP contribution in [0.3, 0.4) is 0 Å². The van der Waals surface area contributed by atoms with Crippen molar-refractivity contribution in [3.8, 4) is 17.2 Å². The van der Waals surface area contributed by atoms with Gasteiger partial charge < -0.3 is 20.1 Å². The highest BCUT2D eigenvalue weighted by atomic mass is 16.6. The van der Waals surface area contributed by atoms with Gasteiger partial charge in [-0.1, -0.05) is 24.6 Å². The Morgan fingerprint density at radius 3 is 2.32 bits per heavy atom. The Kier molecular flexibility index (Phi) is 7.12. The zero-order valence-electron chi connectivity index (χ0n) is 19.6. The number of amides is 2. The van der Waals surface area contributed by atoms with E-state index in [0.29, 0.717) is 42.8 Å². The van der Waals surface area contributed by atoms with Gasteiger partial charge in [0.15, 0.2) is 11.5 Å². The minimum absolute atomic E-state index is 0.0726. The molecule has 3 aromatic rings. The predicted octanol–water partition coefficient (Wildman–Crippen LogP) is 3.16. The topological polar surface area (TPSA) is 97.7 Å². The normalized spacial score (nSPS) is 12.5. The number of carbonyl (C=O) groups is 2. The lowest BCUT2D eigenvalue weighted by molar-refractivity contribution is -0.119. The highest BCUT2D eigenvalue weighted by Gasteiger charge is 2.17. The van der Waals surface area contributed by atoms with Crippen molar-refractivity contribution in [1.82, 2.24) is 14.7 Å². The van der Waals surface area contributed by atoms with Crippen molar-refractivity contribution < 1.29 is 19.1 Å². The molecule has 2 heterocycles. The zero-order chi connectivity index (χ0) is 24.1. The van der Waals surface area contributed by atoms with Crippen LogP contribution in [0, 0.1) is 13.8 Å². The van der Waals surface area contributed by atoms with Crippen molar-refractivity contribution in [1.29, 1.82) is 0 Å². The van der Waals surface area contributed by atoms with Gasteiger partial charge in [0.1, 0.15) is 19.0 Å². The number of aromatic nitrogens is 2. The molecular weight excluding hydrogens is 434 g/mol. The summed E-state index contributed by atoms with van der Waals surface area (Å²) in [6.45, 7) is 7.48. The van der Waals surface area contributed by atoms with Gasteiger partial charge in [-0.05, 0) is 44.7 Å². The van der Waals surface area contributed by atoms with Crippen LogP contribution in [0.5, 0.6) is 11.5 Å². The highest BCUT2D eigenvalue weighted by molar-refractivity contribution is 5.94. The van der Waals surface area contributed by atoms with E-state index in [1.54, 1.807) is 27.8 Å². The quantitative estimate of drug-likeness (QED) is 0.533. The fourth-order valence-electron chi connectivity index (χ4n) is 3.66. The summed E-state index contributed by atoms with van der Waals surface area (Å²) in [4.78, 5) is 27.1. The Bertz CT molecular complexity index is 1170. The Hall–Kier alpha value is -3.85. The van der Waals surface area contributed by atoms with Gasteiger partial charge >= 0.3 is 0 Å². The summed E-state index contributed by atoms with van der Waals surface area (Å²) in [5, 5.41) is 10.3. The molecule has 9 nitrogen and oxygen atoms in total. The molecule has 9 heteroatoms. The van der Waals surface area contributed by atoms with Crippen LogP contribution in [0.15, 0.2) is 48.5 Å². The molecule has 1 aliphatic rings. The first kappa shape index (κ1) is 23.3. The molecule has 0 atom stereocenters. The molecule has 1 aromatic heterocycles. The van der Waals surface area contributed by atoms with Crippen LogP contribution in [0.25, 0.3) is 5.69 Å². The molecule has 4 rings (SSSR count). The van der Waals surface area contributed by atoms with Crippen molar-refractivity contribution in [3.05, 3.63) is 59.8 Å². The highest BCUT2D eigenvalue weighted by Crippen LogP contribution is 2.32. The van der Waals surface area contributed by atoms with E-state index in [-0.39, 0.29) is 24.9 Å². The fourth-order valence-corrected chi connectivity index (χ4v) is 3.66. The Morgan fingerprint density at radius 1 is 0.941 bits per heavy atom. The van der Waals surface area contributed by atoms with Crippen LogP contribution in [0.2, 0.25) is 0 Å². The van der Waals surface area contributed by atoms with Gasteiger partial charge in [-0.15, -0.1) is 0 Å². The van der Waals surface area contributed by atoms with E-state index in [4.69, 9.17) is 9.47 Å². The van der Waals surface area contributed by atoms with Crippen molar-refractivity contribution >= 4 is 23.3 Å². The van der Waals surface area contributed by atoms with Crippen LogP contribution in [0.4, 0.5) is 11.5 Å². The second-order valence-electron chi connectivity index (χ2n) is 8.18. The van der Waals surface area contributed by atoms with E-state index in [1.807, 2.05) is 51.1 Å². The standard InChI is InChI=1S/C25H29N5O4/c1-4-29(15-24(31)26-19-7-10-21-22(14-19)34-12-11-33-21)16-25(32)27-23-13-18(3)28-30(23)20-8-5-17(2)6-9-20/h5-10,13-14H,4,11-12,15-16H2,1-3H3,(H,26,31)(H,27,32). The minimum Gasteiger partial charge on any atom is -0.486 e. The summed E-state index contributed by atoms with van der Waals surface area (Å²) >= 11 is 0.